The Morgan fingerprint density at radius 1 is 1.10 bits per heavy atom. The van der Waals surface area contributed by atoms with Crippen molar-refractivity contribution >= 4 is 51.0 Å². The SMILES string of the molecule is CCC(C(=O)N(C)S(=O)(=O)C1CC1)N1C(=O)C(C)(CC(=O)O)CC(c2cccc(Cl)c2)C1c1ccc(Cl)cc1. The summed E-state index contributed by atoms with van der Waals surface area (Å²) in [7, 11) is -2.63. The van der Waals surface area contributed by atoms with Crippen LogP contribution in [-0.4, -0.2) is 58.9 Å². The number of benzene rings is 2. The van der Waals surface area contributed by atoms with Gasteiger partial charge >= 0.3 is 5.97 Å². The van der Waals surface area contributed by atoms with Gasteiger partial charge in [-0.1, -0.05) is 61.3 Å². The lowest BCUT2D eigenvalue weighted by atomic mass is 9.67. The summed E-state index contributed by atoms with van der Waals surface area (Å²) in [5.41, 5.74) is 0.107. The van der Waals surface area contributed by atoms with Gasteiger partial charge in [-0.2, -0.15) is 0 Å². The lowest BCUT2D eigenvalue weighted by molar-refractivity contribution is -0.163. The Morgan fingerprint density at radius 2 is 1.74 bits per heavy atom. The second-order valence-corrected chi connectivity index (χ2v) is 13.8. The number of hydrogen-bond donors (Lipinski definition) is 1. The molecule has 0 aromatic heterocycles. The van der Waals surface area contributed by atoms with E-state index in [2.05, 4.69) is 0 Å². The number of aliphatic carboxylic acids is 1. The molecular formula is C28H32Cl2N2O6S. The minimum absolute atomic E-state index is 0.130. The van der Waals surface area contributed by atoms with E-state index in [-0.39, 0.29) is 12.8 Å². The maximum atomic E-state index is 14.3. The molecule has 1 N–H and O–H groups in total. The van der Waals surface area contributed by atoms with Crippen molar-refractivity contribution in [1.29, 1.82) is 0 Å². The molecule has 1 heterocycles. The molecule has 4 rings (SSSR count). The fourth-order valence-corrected chi connectivity index (χ4v) is 7.51. The quantitative estimate of drug-likeness (QED) is 0.423. The molecule has 2 aliphatic rings. The number of carboxylic acid groups (broad SMARTS) is 1. The van der Waals surface area contributed by atoms with E-state index < -0.39 is 62.9 Å². The first kappa shape index (κ1) is 29.4. The van der Waals surface area contributed by atoms with Crippen LogP contribution in [0.3, 0.4) is 0 Å². The van der Waals surface area contributed by atoms with Gasteiger partial charge < -0.3 is 10.0 Å². The molecule has 1 aliphatic heterocycles. The number of rotatable bonds is 9. The van der Waals surface area contributed by atoms with Gasteiger partial charge in [0.25, 0.3) is 5.91 Å². The molecule has 11 heteroatoms. The normalized spacial score (nSPS) is 24.3. The smallest absolute Gasteiger partial charge is 0.304 e. The summed E-state index contributed by atoms with van der Waals surface area (Å²) < 4.78 is 26.8. The van der Waals surface area contributed by atoms with E-state index in [4.69, 9.17) is 23.2 Å². The van der Waals surface area contributed by atoms with Crippen molar-refractivity contribution in [2.75, 3.05) is 7.05 Å². The Morgan fingerprint density at radius 3 is 2.28 bits per heavy atom. The Kier molecular flexibility index (Phi) is 8.36. The van der Waals surface area contributed by atoms with Crippen molar-refractivity contribution < 1.29 is 27.9 Å². The van der Waals surface area contributed by atoms with E-state index in [1.807, 2.05) is 6.07 Å². The molecule has 2 aromatic rings. The number of piperidine rings is 1. The van der Waals surface area contributed by atoms with Gasteiger partial charge in [0.05, 0.1) is 23.1 Å². The molecule has 0 bridgehead atoms. The van der Waals surface area contributed by atoms with Crippen molar-refractivity contribution in [2.45, 2.75) is 69.2 Å². The van der Waals surface area contributed by atoms with E-state index in [9.17, 15) is 27.9 Å². The number of hydrogen-bond acceptors (Lipinski definition) is 5. The highest BCUT2D eigenvalue weighted by Crippen LogP contribution is 2.52. The van der Waals surface area contributed by atoms with Crippen LogP contribution < -0.4 is 0 Å². The minimum Gasteiger partial charge on any atom is -0.481 e. The molecule has 2 amide bonds. The van der Waals surface area contributed by atoms with Gasteiger partial charge in [-0.05, 0) is 61.1 Å². The second-order valence-electron chi connectivity index (χ2n) is 10.7. The molecule has 0 radical (unpaired) electrons. The minimum atomic E-state index is -3.87. The summed E-state index contributed by atoms with van der Waals surface area (Å²) >= 11 is 12.5. The average molecular weight is 596 g/mol. The van der Waals surface area contributed by atoms with Gasteiger partial charge in [0, 0.05) is 23.0 Å². The van der Waals surface area contributed by atoms with Crippen LogP contribution in [0.5, 0.6) is 0 Å². The van der Waals surface area contributed by atoms with Crippen LogP contribution in [-0.2, 0) is 24.4 Å². The number of nitrogens with zero attached hydrogens (tertiary/aromatic N) is 2. The Bertz CT molecular complexity index is 1380. The van der Waals surface area contributed by atoms with E-state index in [0.29, 0.717) is 28.5 Å². The highest BCUT2D eigenvalue weighted by molar-refractivity contribution is 7.90. The predicted molar refractivity (Wildman–Crippen MR) is 149 cm³/mol. The van der Waals surface area contributed by atoms with Gasteiger partial charge in [0.2, 0.25) is 15.9 Å². The molecule has 39 heavy (non-hydrogen) atoms. The lowest BCUT2D eigenvalue weighted by Gasteiger charge is -2.51. The number of carboxylic acids is 1. The highest BCUT2D eigenvalue weighted by atomic mass is 35.5. The van der Waals surface area contributed by atoms with E-state index >= 15 is 0 Å². The van der Waals surface area contributed by atoms with Crippen LogP contribution in [0.15, 0.2) is 48.5 Å². The largest absolute Gasteiger partial charge is 0.481 e. The van der Waals surface area contributed by atoms with Crippen molar-refractivity contribution in [3.63, 3.8) is 0 Å². The molecule has 1 aliphatic carbocycles. The Hall–Kier alpha value is -2.62. The van der Waals surface area contributed by atoms with Crippen LogP contribution in [0.1, 0.15) is 69.0 Å². The molecule has 2 aromatic carbocycles. The summed E-state index contributed by atoms with van der Waals surface area (Å²) in [4.78, 5) is 41.5. The first-order valence-corrected chi connectivity index (χ1v) is 15.1. The number of likely N-dealkylation sites (N-methyl/N-ethyl adjacent to an activating group) is 1. The molecule has 1 saturated heterocycles. The summed E-state index contributed by atoms with van der Waals surface area (Å²) in [6.45, 7) is 3.30. The summed E-state index contributed by atoms with van der Waals surface area (Å²) in [6.07, 6.45) is 0.835. The maximum absolute atomic E-state index is 14.3. The predicted octanol–water partition coefficient (Wildman–Crippen LogP) is 5.26. The highest BCUT2D eigenvalue weighted by Gasteiger charge is 2.54. The second kappa shape index (κ2) is 11.1. The molecule has 2 fully saturated rings. The zero-order valence-electron chi connectivity index (χ0n) is 22.0. The number of amides is 2. The van der Waals surface area contributed by atoms with Gasteiger partial charge in [0.15, 0.2) is 0 Å². The zero-order valence-corrected chi connectivity index (χ0v) is 24.3. The fourth-order valence-electron chi connectivity index (χ4n) is 5.64. The fraction of sp³-hybridized carbons (Fsp3) is 0.464. The molecule has 8 nitrogen and oxygen atoms in total. The Labute approximate surface area is 238 Å². The first-order valence-electron chi connectivity index (χ1n) is 12.9. The van der Waals surface area contributed by atoms with Crippen LogP contribution in [0, 0.1) is 5.41 Å². The lowest BCUT2D eigenvalue weighted by Crippen LogP contribution is -2.60. The van der Waals surface area contributed by atoms with E-state index in [1.165, 1.54) is 11.9 Å². The molecule has 4 unspecified atom stereocenters. The van der Waals surface area contributed by atoms with Crippen LogP contribution >= 0.6 is 23.2 Å². The molecule has 1 saturated carbocycles. The van der Waals surface area contributed by atoms with E-state index in [0.717, 1.165) is 9.87 Å². The third-order valence-corrected chi connectivity index (χ3v) is 10.5. The van der Waals surface area contributed by atoms with Crippen LogP contribution in [0.4, 0.5) is 0 Å². The maximum Gasteiger partial charge on any atom is 0.304 e. The van der Waals surface area contributed by atoms with Crippen molar-refractivity contribution in [3.8, 4) is 0 Å². The standard InChI is InChI=1S/C28H32Cl2N2O6S/c1-4-23(26(35)31(3)39(37,38)21-12-13-21)32-25(17-8-10-19(29)11-9-17)22(18-6-5-7-20(30)14-18)15-28(2,27(32)36)16-24(33)34/h5-11,14,21-23,25H,4,12-13,15-16H2,1-3H3,(H,33,34). The zero-order chi connectivity index (χ0) is 28.7. The number of likely N-dealkylation sites (tertiary alicyclic amines) is 1. The van der Waals surface area contributed by atoms with Crippen LogP contribution in [0.25, 0.3) is 0 Å². The number of sulfonamides is 1. The molecule has 4 atom stereocenters. The number of halogens is 2. The summed E-state index contributed by atoms with van der Waals surface area (Å²) in [6, 6.07) is 12.2. The van der Waals surface area contributed by atoms with Gasteiger partial charge in [-0.25, -0.2) is 12.7 Å². The number of carbonyl (C=O) groups excluding carboxylic acids is 2. The summed E-state index contributed by atoms with van der Waals surface area (Å²) in [5.74, 6) is -2.82. The number of carbonyl (C=O) groups is 3. The molecule has 0 spiro atoms. The Balaban J connectivity index is 1.91. The first-order chi connectivity index (χ1) is 18.3. The third kappa shape index (κ3) is 5.81. The monoisotopic (exact) mass is 594 g/mol. The summed E-state index contributed by atoms with van der Waals surface area (Å²) in [5, 5.41) is 10.1. The molecular weight excluding hydrogens is 563 g/mol. The van der Waals surface area contributed by atoms with Crippen molar-refractivity contribution in [2.24, 2.45) is 5.41 Å². The topological polar surface area (TPSA) is 112 Å². The molecule has 210 valence electrons. The van der Waals surface area contributed by atoms with Crippen molar-refractivity contribution in [3.05, 3.63) is 69.7 Å². The third-order valence-electron chi connectivity index (χ3n) is 7.78. The van der Waals surface area contributed by atoms with Crippen molar-refractivity contribution in [1.82, 2.24) is 9.21 Å². The van der Waals surface area contributed by atoms with Gasteiger partial charge in [-0.3, -0.25) is 14.4 Å². The van der Waals surface area contributed by atoms with Crippen LogP contribution in [0.2, 0.25) is 10.0 Å². The van der Waals surface area contributed by atoms with E-state index in [1.54, 1.807) is 56.3 Å². The van der Waals surface area contributed by atoms with Gasteiger partial charge in [0.1, 0.15) is 6.04 Å². The average Bonchev–Trinajstić information content (AvgIpc) is 3.73. The van der Waals surface area contributed by atoms with Gasteiger partial charge in [-0.15, -0.1) is 0 Å².